The summed E-state index contributed by atoms with van der Waals surface area (Å²) < 4.78 is 0. The third-order valence-electron chi connectivity index (χ3n) is 5.06. The summed E-state index contributed by atoms with van der Waals surface area (Å²) in [5.74, 6) is 0. The summed E-state index contributed by atoms with van der Waals surface area (Å²) in [6.07, 6.45) is 9.66. The van der Waals surface area contributed by atoms with Gasteiger partial charge in [0, 0.05) is 16.7 Å². The SMILES string of the molecule is CC(C)(C)c1ccc(CNC(=O)Nc2ccnnc2)c(SC2CCCCC2)c1. The summed E-state index contributed by atoms with van der Waals surface area (Å²) in [5, 5.41) is 13.9. The van der Waals surface area contributed by atoms with Gasteiger partial charge in [0.1, 0.15) is 0 Å². The van der Waals surface area contributed by atoms with Crippen LogP contribution in [0, 0.1) is 0 Å². The van der Waals surface area contributed by atoms with Crippen molar-refractivity contribution < 1.29 is 4.79 Å². The van der Waals surface area contributed by atoms with Crippen molar-refractivity contribution in [1.29, 1.82) is 0 Å². The Morgan fingerprint density at radius 3 is 2.61 bits per heavy atom. The van der Waals surface area contributed by atoms with Crippen molar-refractivity contribution in [3.8, 4) is 0 Å². The van der Waals surface area contributed by atoms with Gasteiger partial charge in [-0.1, -0.05) is 52.2 Å². The summed E-state index contributed by atoms with van der Waals surface area (Å²) in [6.45, 7) is 7.23. The van der Waals surface area contributed by atoms with Crippen LogP contribution in [0.4, 0.5) is 10.5 Å². The average Bonchev–Trinajstić information content (AvgIpc) is 2.68. The lowest BCUT2D eigenvalue weighted by molar-refractivity contribution is 0.251. The van der Waals surface area contributed by atoms with Crippen molar-refractivity contribution in [2.75, 3.05) is 5.32 Å². The third-order valence-corrected chi connectivity index (χ3v) is 6.50. The molecule has 1 aliphatic rings. The molecule has 3 rings (SSSR count). The van der Waals surface area contributed by atoms with Gasteiger partial charge in [-0.25, -0.2) is 4.79 Å². The first-order valence-electron chi connectivity index (χ1n) is 10.0. The average molecular weight is 399 g/mol. The van der Waals surface area contributed by atoms with E-state index in [9.17, 15) is 4.79 Å². The molecular weight excluding hydrogens is 368 g/mol. The second kappa shape index (κ2) is 9.41. The zero-order valence-corrected chi connectivity index (χ0v) is 17.8. The fourth-order valence-corrected chi connectivity index (χ4v) is 4.77. The number of rotatable bonds is 5. The largest absolute Gasteiger partial charge is 0.334 e. The van der Waals surface area contributed by atoms with Crippen LogP contribution >= 0.6 is 11.8 Å². The van der Waals surface area contributed by atoms with Crippen LogP contribution < -0.4 is 10.6 Å². The van der Waals surface area contributed by atoms with E-state index in [1.165, 1.54) is 54.3 Å². The van der Waals surface area contributed by atoms with Crippen LogP contribution in [0.25, 0.3) is 0 Å². The number of nitrogens with zero attached hydrogens (tertiary/aromatic N) is 2. The lowest BCUT2D eigenvalue weighted by Crippen LogP contribution is -2.28. The van der Waals surface area contributed by atoms with Gasteiger partial charge in [-0.2, -0.15) is 10.2 Å². The van der Waals surface area contributed by atoms with Gasteiger partial charge < -0.3 is 10.6 Å². The van der Waals surface area contributed by atoms with Gasteiger partial charge in [0.25, 0.3) is 0 Å². The molecule has 1 saturated carbocycles. The zero-order chi connectivity index (χ0) is 20.0. The highest BCUT2D eigenvalue weighted by molar-refractivity contribution is 8.00. The van der Waals surface area contributed by atoms with E-state index in [1.54, 1.807) is 12.3 Å². The van der Waals surface area contributed by atoms with Crippen LogP contribution in [0.2, 0.25) is 0 Å². The number of anilines is 1. The number of carbonyl (C=O) groups excluding carboxylic acids is 1. The number of carbonyl (C=O) groups is 1. The van der Waals surface area contributed by atoms with Crippen LogP contribution in [0.3, 0.4) is 0 Å². The van der Waals surface area contributed by atoms with Gasteiger partial charge in [0.2, 0.25) is 0 Å². The normalized spacial score (nSPS) is 15.2. The quantitative estimate of drug-likeness (QED) is 0.696. The number of hydrogen-bond acceptors (Lipinski definition) is 4. The molecule has 2 amide bonds. The highest BCUT2D eigenvalue weighted by Gasteiger charge is 2.20. The van der Waals surface area contributed by atoms with Gasteiger partial charge in [-0.05, 0) is 41.5 Å². The molecule has 2 N–H and O–H groups in total. The summed E-state index contributed by atoms with van der Waals surface area (Å²) in [4.78, 5) is 13.5. The van der Waals surface area contributed by atoms with E-state index in [-0.39, 0.29) is 11.4 Å². The molecule has 0 bridgehead atoms. The molecule has 1 aromatic carbocycles. The first kappa shape index (κ1) is 20.6. The summed E-state index contributed by atoms with van der Waals surface area (Å²) in [7, 11) is 0. The van der Waals surface area contributed by atoms with E-state index in [0.717, 1.165) is 0 Å². The number of urea groups is 1. The Bertz CT molecular complexity index is 783. The molecule has 0 aliphatic heterocycles. The fraction of sp³-hybridized carbons (Fsp3) is 0.500. The molecule has 1 aliphatic carbocycles. The highest BCUT2D eigenvalue weighted by atomic mass is 32.2. The van der Waals surface area contributed by atoms with Gasteiger partial charge in [-0.3, -0.25) is 0 Å². The fourth-order valence-electron chi connectivity index (χ4n) is 3.35. The number of nitrogens with one attached hydrogen (secondary N) is 2. The van der Waals surface area contributed by atoms with Crippen LogP contribution in [0.15, 0.2) is 41.6 Å². The predicted octanol–water partition coefficient (Wildman–Crippen LogP) is 5.52. The Labute approximate surface area is 172 Å². The molecule has 0 saturated heterocycles. The van der Waals surface area contributed by atoms with E-state index in [0.29, 0.717) is 17.5 Å². The lowest BCUT2D eigenvalue weighted by Gasteiger charge is -2.25. The minimum Gasteiger partial charge on any atom is -0.334 e. The maximum atomic E-state index is 12.2. The molecule has 0 atom stereocenters. The minimum absolute atomic E-state index is 0.111. The smallest absolute Gasteiger partial charge is 0.319 e. The first-order chi connectivity index (χ1) is 13.4. The van der Waals surface area contributed by atoms with Gasteiger partial charge in [0.05, 0.1) is 18.1 Å². The second-order valence-corrected chi connectivity index (χ2v) is 9.73. The third kappa shape index (κ3) is 5.96. The van der Waals surface area contributed by atoms with Crippen LogP contribution in [0.5, 0.6) is 0 Å². The number of hydrogen-bond donors (Lipinski definition) is 2. The summed E-state index contributed by atoms with van der Waals surface area (Å²) in [5.41, 5.74) is 3.25. The minimum atomic E-state index is -0.235. The van der Waals surface area contributed by atoms with Gasteiger partial charge >= 0.3 is 6.03 Å². The molecule has 0 unspecified atom stereocenters. The number of benzene rings is 1. The Morgan fingerprint density at radius 2 is 1.93 bits per heavy atom. The topological polar surface area (TPSA) is 66.9 Å². The van der Waals surface area contributed by atoms with Gasteiger partial charge in [-0.15, -0.1) is 11.8 Å². The van der Waals surface area contributed by atoms with Crippen molar-refractivity contribution >= 4 is 23.5 Å². The van der Waals surface area contributed by atoms with E-state index in [1.807, 2.05) is 11.8 Å². The summed E-state index contributed by atoms with van der Waals surface area (Å²) in [6, 6.07) is 8.16. The highest BCUT2D eigenvalue weighted by Crippen LogP contribution is 2.37. The zero-order valence-electron chi connectivity index (χ0n) is 17.0. The first-order valence-corrected chi connectivity index (χ1v) is 10.9. The van der Waals surface area contributed by atoms with Crippen molar-refractivity contribution in [2.45, 2.75) is 75.0 Å². The van der Waals surface area contributed by atoms with Gasteiger partial charge in [0.15, 0.2) is 0 Å². The molecule has 1 heterocycles. The van der Waals surface area contributed by atoms with E-state index in [4.69, 9.17) is 0 Å². The molecule has 0 radical (unpaired) electrons. The molecule has 2 aromatic rings. The monoisotopic (exact) mass is 398 g/mol. The van der Waals surface area contributed by atoms with Crippen molar-refractivity contribution in [3.05, 3.63) is 47.8 Å². The molecule has 150 valence electrons. The van der Waals surface area contributed by atoms with E-state index >= 15 is 0 Å². The van der Waals surface area contributed by atoms with Crippen molar-refractivity contribution in [2.24, 2.45) is 0 Å². The molecule has 1 fully saturated rings. The molecule has 6 heteroatoms. The molecular formula is C22H30N4OS. The number of amides is 2. The Kier molecular flexibility index (Phi) is 6.94. The maximum Gasteiger partial charge on any atom is 0.319 e. The second-order valence-electron chi connectivity index (χ2n) is 8.39. The Morgan fingerprint density at radius 1 is 1.14 bits per heavy atom. The number of thioether (sulfide) groups is 1. The predicted molar refractivity (Wildman–Crippen MR) is 116 cm³/mol. The lowest BCUT2D eigenvalue weighted by atomic mass is 9.86. The Balaban J connectivity index is 1.70. The van der Waals surface area contributed by atoms with Crippen LogP contribution in [-0.2, 0) is 12.0 Å². The summed E-state index contributed by atoms with van der Waals surface area (Å²) >= 11 is 1.99. The van der Waals surface area contributed by atoms with Crippen molar-refractivity contribution in [1.82, 2.24) is 15.5 Å². The molecule has 1 aromatic heterocycles. The Hall–Kier alpha value is -2.08. The van der Waals surface area contributed by atoms with Crippen LogP contribution in [-0.4, -0.2) is 21.5 Å². The van der Waals surface area contributed by atoms with Crippen LogP contribution in [0.1, 0.15) is 64.0 Å². The maximum absolute atomic E-state index is 12.2. The number of aromatic nitrogens is 2. The van der Waals surface area contributed by atoms with E-state index < -0.39 is 0 Å². The molecule has 0 spiro atoms. The standard InChI is InChI=1S/C22H30N4OS/c1-22(2,3)17-10-9-16(20(13-17)28-19-7-5-4-6-8-19)14-23-21(27)26-18-11-12-24-25-15-18/h9-13,15,19H,4-8,14H2,1-3H3,(H2,23,24,26,27). The van der Waals surface area contributed by atoms with Crippen molar-refractivity contribution in [3.63, 3.8) is 0 Å². The molecule has 5 nitrogen and oxygen atoms in total. The van der Waals surface area contributed by atoms with E-state index in [2.05, 4.69) is 59.8 Å². The molecule has 28 heavy (non-hydrogen) atoms.